The van der Waals surface area contributed by atoms with Gasteiger partial charge in [0.05, 0.1) is 23.7 Å². The fraction of sp³-hybridized carbons (Fsp3) is 0.188. The van der Waals surface area contributed by atoms with Gasteiger partial charge in [0.25, 0.3) is 0 Å². The van der Waals surface area contributed by atoms with Gasteiger partial charge < -0.3 is 9.73 Å². The monoisotopic (exact) mass is 395 g/mol. The molecule has 0 saturated heterocycles. The molecule has 3 aromatic rings. The smallest absolute Gasteiger partial charge is 0.233 e. The van der Waals surface area contributed by atoms with Crippen molar-refractivity contribution in [2.75, 3.05) is 0 Å². The van der Waals surface area contributed by atoms with Gasteiger partial charge in [0.1, 0.15) is 11.6 Å². The molecule has 0 spiro atoms. The molecular formula is C16H14FN3O2S3. The molecule has 130 valence electrons. The standard InChI is InChI=1S/C16H14FN3O2S3/c1-10(14(21)18-9-13-3-2-8-22-13)24-15-19-20(16(23)25-15)12-6-4-11(17)5-7-12/h2-8,10H,9H2,1H3,(H,18,21)/t10-/m1/s1. The molecule has 25 heavy (non-hydrogen) atoms. The quantitative estimate of drug-likeness (QED) is 0.501. The van der Waals surface area contributed by atoms with Gasteiger partial charge in [-0.05, 0) is 55.5 Å². The van der Waals surface area contributed by atoms with Crippen molar-refractivity contribution >= 4 is 41.2 Å². The van der Waals surface area contributed by atoms with E-state index in [1.165, 1.54) is 35.2 Å². The first kappa shape index (κ1) is 17.8. The summed E-state index contributed by atoms with van der Waals surface area (Å²) in [5.74, 6) is 0.264. The van der Waals surface area contributed by atoms with Crippen molar-refractivity contribution in [2.24, 2.45) is 0 Å². The lowest BCUT2D eigenvalue weighted by Gasteiger charge is -2.09. The van der Waals surface area contributed by atoms with Crippen LogP contribution in [0, 0.1) is 9.77 Å². The van der Waals surface area contributed by atoms with Crippen molar-refractivity contribution in [3.8, 4) is 5.69 Å². The van der Waals surface area contributed by atoms with Crippen LogP contribution in [0.3, 0.4) is 0 Å². The van der Waals surface area contributed by atoms with Crippen LogP contribution in [0.1, 0.15) is 12.7 Å². The summed E-state index contributed by atoms with van der Waals surface area (Å²) in [4.78, 5) is 12.2. The third-order valence-electron chi connectivity index (χ3n) is 3.26. The predicted octanol–water partition coefficient (Wildman–Crippen LogP) is 4.19. The fourth-order valence-corrected chi connectivity index (χ4v) is 4.52. The van der Waals surface area contributed by atoms with Crippen LogP contribution >= 0.6 is 35.3 Å². The van der Waals surface area contributed by atoms with Crippen molar-refractivity contribution < 1.29 is 13.6 Å². The van der Waals surface area contributed by atoms with E-state index in [-0.39, 0.29) is 17.0 Å². The van der Waals surface area contributed by atoms with Gasteiger partial charge in [-0.15, -0.1) is 5.10 Å². The number of amides is 1. The van der Waals surface area contributed by atoms with E-state index < -0.39 is 0 Å². The Morgan fingerprint density at radius 1 is 1.44 bits per heavy atom. The maximum atomic E-state index is 13.0. The first-order chi connectivity index (χ1) is 12.0. The summed E-state index contributed by atoms with van der Waals surface area (Å²) in [6.45, 7) is 2.14. The molecule has 3 rings (SSSR count). The molecule has 1 amide bonds. The van der Waals surface area contributed by atoms with Crippen molar-refractivity contribution in [2.45, 2.75) is 23.1 Å². The maximum absolute atomic E-state index is 13.0. The van der Waals surface area contributed by atoms with E-state index in [2.05, 4.69) is 10.4 Å². The van der Waals surface area contributed by atoms with E-state index in [0.717, 1.165) is 0 Å². The average molecular weight is 396 g/mol. The van der Waals surface area contributed by atoms with Gasteiger partial charge in [0.2, 0.25) is 5.91 Å². The van der Waals surface area contributed by atoms with Gasteiger partial charge in [0.15, 0.2) is 8.29 Å². The Kier molecular flexibility index (Phi) is 5.67. The first-order valence-corrected chi connectivity index (χ1v) is 9.46. The van der Waals surface area contributed by atoms with E-state index in [9.17, 15) is 9.18 Å². The highest BCUT2D eigenvalue weighted by Crippen LogP contribution is 2.27. The second-order valence-corrected chi connectivity index (χ2v) is 8.29. The largest absolute Gasteiger partial charge is 0.467 e. The summed E-state index contributed by atoms with van der Waals surface area (Å²) >= 11 is 7.95. The second-order valence-electron chi connectivity index (χ2n) is 5.08. The molecule has 0 aliphatic rings. The highest BCUT2D eigenvalue weighted by molar-refractivity contribution is 8.02. The lowest BCUT2D eigenvalue weighted by Crippen LogP contribution is -2.30. The number of rotatable bonds is 6. The molecule has 0 saturated carbocycles. The molecule has 9 heteroatoms. The van der Waals surface area contributed by atoms with Crippen molar-refractivity contribution in [1.29, 1.82) is 0 Å². The van der Waals surface area contributed by atoms with E-state index in [0.29, 0.717) is 26.3 Å². The first-order valence-electron chi connectivity index (χ1n) is 7.36. The summed E-state index contributed by atoms with van der Waals surface area (Å²) in [6.07, 6.45) is 1.56. The number of carbonyl (C=O) groups excluding carboxylic acids is 1. The molecule has 2 heterocycles. The van der Waals surface area contributed by atoms with Crippen LogP contribution in [-0.4, -0.2) is 20.9 Å². The minimum absolute atomic E-state index is 0.115. The van der Waals surface area contributed by atoms with Gasteiger partial charge in [0, 0.05) is 0 Å². The minimum atomic E-state index is -0.336. The Labute approximate surface area is 156 Å². The van der Waals surface area contributed by atoms with Gasteiger partial charge in [-0.1, -0.05) is 23.1 Å². The average Bonchev–Trinajstić information content (AvgIpc) is 3.23. The van der Waals surface area contributed by atoms with Crippen LogP contribution in [0.2, 0.25) is 0 Å². The minimum Gasteiger partial charge on any atom is -0.467 e. The maximum Gasteiger partial charge on any atom is 0.233 e. The van der Waals surface area contributed by atoms with Gasteiger partial charge in [-0.25, -0.2) is 9.07 Å². The summed E-state index contributed by atoms with van der Waals surface area (Å²) < 4.78 is 21.0. The lowest BCUT2D eigenvalue weighted by atomic mass is 10.3. The van der Waals surface area contributed by atoms with Gasteiger partial charge in [-0.2, -0.15) is 0 Å². The third kappa shape index (κ3) is 4.56. The molecule has 0 unspecified atom stereocenters. The Morgan fingerprint density at radius 2 is 2.20 bits per heavy atom. The topological polar surface area (TPSA) is 60.1 Å². The number of nitrogens with one attached hydrogen (secondary N) is 1. The van der Waals surface area contributed by atoms with Gasteiger partial charge in [-0.3, -0.25) is 4.79 Å². The zero-order valence-electron chi connectivity index (χ0n) is 13.1. The number of furan rings is 1. The predicted molar refractivity (Wildman–Crippen MR) is 98.1 cm³/mol. The van der Waals surface area contributed by atoms with Crippen LogP contribution in [0.25, 0.3) is 5.69 Å². The number of halogens is 1. The number of benzene rings is 1. The Bertz CT molecular complexity index is 904. The van der Waals surface area contributed by atoms with Gasteiger partial charge >= 0.3 is 0 Å². The Balaban J connectivity index is 1.64. The molecule has 0 fully saturated rings. The molecular weight excluding hydrogens is 381 g/mol. The zero-order valence-corrected chi connectivity index (χ0v) is 15.6. The molecule has 1 atom stereocenters. The van der Waals surface area contributed by atoms with Crippen molar-refractivity contribution in [1.82, 2.24) is 15.1 Å². The number of thioether (sulfide) groups is 1. The number of hydrogen-bond acceptors (Lipinski definition) is 6. The molecule has 0 radical (unpaired) electrons. The number of nitrogens with zero attached hydrogens (tertiary/aromatic N) is 2. The highest BCUT2D eigenvalue weighted by atomic mass is 32.2. The number of hydrogen-bond donors (Lipinski definition) is 1. The molecule has 0 aliphatic heterocycles. The Hall–Kier alpha value is -1.97. The van der Waals surface area contributed by atoms with Crippen molar-refractivity contribution in [3.05, 3.63) is 58.2 Å². The summed E-state index contributed by atoms with van der Waals surface area (Å²) in [5, 5.41) is 6.89. The van der Waals surface area contributed by atoms with E-state index in [4.69, 9.17) is 16.6 Å². The molecule has 0 bridgehead atoms. The van der Waals surface area contributed by atoms with E-state index in [1.807, 2.05) is 0 Å². The molecule has 1 N–H and O–H groups in total. The normalized spacial score (nSPS) is 12.1. The fourth-order valence-electron chi connectivity index (χ4n) is 1.99. The molecule has 0 aliphatic carbocycles. The number of aromatic nitrogens is 2. The van der Waals surface area contributed by atoms with Crippen LogP contribution in [-0.2, 0) is 11.3 Å². The zero-order chi connectivity index (χ0) is 17.8. The van der Waals surface area contributed by atoms with E-state index in [1.54, 1.807) is 42.1 Å². The number of carbonyl (C=O) groups is 1. The summed E-state index contributed by atoms with van der Waals surface area (Å²) in [7, 11) is 0. The third-order valence-corrected chi connectivity index (χ3v) is 5.68. The lowest BCUT2D eigenvalue weighted by molar-refractivity contribution is -0.120. The second kappa shape index (κ2) is 7.94. The Morgan fingerprint density at radius 3 is 2.88 bits per heavy atom. The van der Waals surface area contributed by atoms with Crippen LogP contribution in [0.4, 0.5) is 4.39 Å². The van der Waals surface area contributed by atoms with Crippen molar-refractivity contribution in [3.63, 3.8) is 0 Å². The van der Waals surface area contributed by atoms with E-state index >= 15 is 0 Å². The summed E-state index contributed by atoms with van der Waals surface area (Å²) in [6, 6.07) is 9.50. The molecule has 2 aromatic heterocycles. The van der Waals surface area contributed by atoms with Crippen LogP contribution in [0.15, 0.2) is 51.4 Å². The van der Waals surface area contributed by atoms with Crippen LogP contribution < -0.4 is 5.32 Å². The molecule has 1 aromatic carbocycles. The molecule has 5 nitrogen and oxygen atoms in total. The SMILES string of the molecule is C[C@@H](Sc1nn(-c2ccc(F)cc2)c(=S)s1)C(=O)NCc1ccco1. The summed E-state index contributed by atoms with van der Waals surface area (Å²) in [5.41, 5.74) is 0.685. The van der Waals surface area contributed by atoms with Crippen LogP contribution in [0.5, 0.6) is 0 Å². The highest BCUT2D eigenvalue weighted by Gasteiger charge is 2.17.